The summed E-state index contributed by atoms with van der Waals surface area (Å²) in [5.74, 6) is -3.42. The molecule has 1 aliphatic rings. The van der Waals surface area contributed by atoms with Crippen LogP contribution in [0.4, 0.5) is 0 Å². The predicted octanol–water partition coefficient (Wildman–Crippen LogP) is 1.64. The van der Waals surface area contributed by atoms with Gasteiger partial charge in [0.1, 0.15) is 6.10 Å². The second-order valence-corrected chi connectivity index (χ2v) is 8.72. The molecular weight excluding hydrogens is 516 g/mol. The number of rotatable bonds is 9. The average molecular weight is 545 g/mol. The van der Waals surface area contributed by atoms with Crippen LogP contribution < -0.4 is 9.47 Å². The van der Waals surface area contributed by atoms with Crippen LogP contribution in [0.25, 0.3) is 12.2 Å². The molecule has 39 heavy (non-hydrogen) atoms. The lowest BCUT2D eigenvalue weighted by molar-refractivity contribution is -0.204. The van der Waals surface area contributed by atoms with Crippen molar-refractivity contribution in [1.29, 1.82) is 0 Å². The van der Waals surface area contributed by atoms with Crippen LogP contribution in [0.1, 0.15) is 24.0 Å². The quantitative estimate of drug-likeness (QED) is 0.227. The maximum absolute atomic E-state index is 12.5. The zero-order valence-electron chi connectivity index (χ0n) is 21.0. The van der Waals surface area contributed by atoms with E-state index in [0.29, 0.717) is 11.1 Å². The topological polar surface area (TPSA) is 189 Å². The SMILES string of the molecule is COc1cc(/C=C/C(=O)OC2CC(O)(C(=O)O)CC(O)[C@@H]2OC(=O)/C=C/c2ccc(O)c(OC)c2)ccc1O. The summed E-state index contributed by atoms with van der Waals surface area (Å²) in [6, 6.07) is 8.63. The Morgan fingerprint density at radius 1 is 0.846 bits per heavy atom. The van der Waals surface area contributed by atoms with Crippen LogP contribution in [0, 0.1) is 0 Å². The van der Waals surface area contributed by atoms with Gasteiger partial charge in [0.05, 0.1) is 20.3 Å². The number of benzene rings is 2. The van der Waals surface area contributed by atoms with Crippen molar-refractivity contribution < 1.29 is 58.9 Å². The van der Waals surface area contributed by atoms with Crippen LogP contribution in [0.15, 0.2) is 48.6 Å². The minimum atomic E-state index is -2.43. The number of carboxylic acids is 1. The number of methoxy groups -OCH3 is 2. The van der Waals surface area contributed by atoms with Crippen molar-refractivity contribution in [2.45, 2.75) is 36.8 Å². The number of phenolic OH excluding ortho intramolecular Hbond substituents is 2. The minimum absolute atomic E-state index is 0.100. The molecule has 3 unspecified atom stereocenters. The molecule has 12 heteroatoms. The van der Waals surface area contributed by atoms with Crippen molar-refractivity contribution in [3.63, 3.8) is 0 Å². The van der Waals surface area contributed by atoms with Crippen LogP contribution in [0.5, 0.6) is 23.0 Å². The Bertz CT molecular complexity index is 1280. The number of ether oxygens (including phenoxy) is 4. The molecule has 2 aromatic rings. The lowest BCUT2D eigenvalue weighted by atomic mass is 9.79. The molecule has 0 amide bonds. The predicted molar refractivity (Wildman–Crippen MR) is 135 cm³/mol. The highest BCUT2D eigenvalue weighted by atomic mass is 16.6. The molecule has 0 spiro atoms. The molecule has 4 atom stereocenters. The largest absolute Gasteiger partial charge is 0.504 e. The molecule has 0 aliphatic heterocycles. The van der Waals surface area contributed by atoms with Gasteiger partial charge in [-0.25, -0.2) is 14.4 Å². The Balaban J connectivity index is 1.76. The maximum Gasteiger partial charge on any atom is 0.335 e. The van der Waals surface area contributed by atoms with E-state index in [9.17, 15) is 39.9 Å². The second kappa shape index (κ2) is 12.3. The summed E-state index contributed by atoms with van der Waals surface area (Å²) in [7, 11) is 2.71. The molecule has 2 aromatic carbocycles. The molecule has 0 heterocycles. The molecule has 208 valence electrons. The van der Waals surface area contributed by atoms with Gasteiger partial charge >= 0.3 is 17.9 Å². The van der Waals surface area contributed by atoms with Gasteiger partial charge in [-0.2, -0.15) is 0 Å². The Morgan fingerprint density at radius 3 is 1.79 bits per heavy atom. The van der Waals surface area contributed by atoms with Crippen LogP contribution >= 0.6 is 0 Å². The first-order chi connectivity index (χ1) is 18.4. The normalized spacial score (nSPS) is 22.9. The number of aliphatic carboxylic acids is 1. The number of hydrogen-bond donors (Lipinski definition) is 5. The lowest BCUT2D eigenvalue weighted by Gasteiger charge is -2.40. The van der Waals surface area contributed by atoms with Crippen molar-refractivity contribution in [3.8, 4) is 23.0 Å². The molecule has 5 N–H and O–H groups in total. The number of carbonyl (C=O) groups excluding carboxylic acids is 2. The van der Waals surface area contributed by atoms with Gasteiger partial charge in [-0.15, -0.1) is 0 Å². The van der Waals surface area contributed by atoms with Gasteiger partial charge in [0.15, 0.2) is 34.7 Å². The Morgan fingerprint density at radius 2 is 1.33 bits per heavy atom. The van der Waals surface area contributed by atoms with Crippen molar-refractivity contribution >= 4 is 30.1 Å². The Hall–Kier alpha value is -4.55. The summed E-state index contributed by atoms with van der Waals surface area (Å²) in [4.78, 5) is 36.7. The molecule has 0 aromatic heterocycles. The molecule has 1 aliphatic carbocycles. The third-order valence-electron chi connectivity index (χ3n) is 5.98. The van der Waals surface area contributed by atoms with Gasteiger partial charge in [-0.3, -0.25) is 0 Å². The van der Waals surface area contributed by atoms with E-state index < -0.39 is 54.7 Å². The van der Waals surface area contributed by atoms with Crippen LogP contribution in [-0.2, 0) is 23.9 Å². The summed E-state index contributed by atoms with van der Waals surface area (Å²) in [5.41, 5.74) is -1.49. The maximum atomic E-state index is 12.5. The second-order valence-electron chi connectivity index (χ2n) is 8.72. The number of hydrogen-bond acceptors (Lipinski definition) is 11. The zero-order chi connectivity index (χ0) is 28.7. The van der Waals surface area contributed by atoms with Crippen LogP contribution in [0.2, 0.25) is 0 Å². The van der Waals surface area contributed by atoms with Gasteiger partial charge in [-0.05, 0) is 47.5 Å². The molecule has 12 nitrogen and oxygen atoms in total. The monoisotopic (exact) mass is 544 g/mol. The number of aliphatic hydroxyl groups is 2. The average Bonchev–Trinajstić information content (AvgIpc) is 2.89. The summed E-state index contributed by atoms with van der Waals surface area (Å²) < 4.78 is 20.6. The van der Waals surface area contributed by atoms with E-state index in [1.807, 2.05) is 0 Å². The first-order valence-corrected chi connectivity index (χ1v) is 11.6. The summed E-state index contributed by atoms with van der Waals surface area (Å²) >= 11 is 0. The summed E-state index contributed by atoms with van der Waals surface area (Å²) in [6.45, 7) is 0. The fraction of sp³-hybridized carbons (Fsp3) is 0.296. The molecule has 0 radical (unpaired) electrons. The first-order valence-electron chi connectivity index (χ1n) is 11.6. The highest BCUT2D eigenvalue weighted by Crippen LogP contribution is 2.34. The smallest absolute Gasteiger partial charge is 0.335 e. The third kappa shape index (κ3) is 7.27. The molecule has 0 saturated heterocycles. The fourth-order valence-electron chi connectivity index (χ4n) is 3.97. The minimum Gasteiger partial charge on any atom is -0.504 e. The number of carboxylic acid groups (broad SMARTS) is 1. The molecule has 1 fully saturated rings. The van der Waals surface area contributed by atoms with Crippen LogP contribution in [0.3, 0.4) is 0 Å². The van der Waals surface area contributed by atoms with Crippen molar-refractivity contribution in [2.75, 3.05) is 14.2 Å². The zero-order valence-corrected chi connectivity index (χ0v) is 21.0. The van der Waals surface area contributed by atoms with Crippen molar-refractivity contribution in [2.24, 2.45) is 0 Å². The molecular formula is C27H28O12. The number of aromatic hydroxyl groups is 2. The third-order valence-corrected chi connectivity index (χ3v) is 5.98. The van der Waals surface area contributed by atoms with Crippen molar-refractivity contribution in [1.82, 2.24) is 0 Å². The number of carbonyl (C=O) groups is 3. The fourth-order valence-corrected chi connectivity index (χ4v) is 3.97. The Labute approximate surface area is 222 Å². The van der Waals surface area contributed by atoms with E-state index in [2.05, 4.69) is 0 Å². The van der Waals surface area contributed by atoms with E-state index in [4.69, 9.17) is 18.9 Å². The number of aliphatic hydroxyl groups excluding tert-OH is 1. The molecule has 1 saturated carbocycles. The number of esters is 2. The Kier molecular flexibility index (Phi) is 9.17. The van der Waals surface area contributed by atoms with Gasteiger partial charge in [0.2, 0.25) is 0 Å². The highest BCUT2D eigenvalue weighted by Gasteiger charge is 2.52. The first kappa shape index (κ1) is 29.0. The lowest BCUT2D eigenvalue weighted by Crippen LogP contribution is -2.58. The van der Waals surface area contributed by atoms with Crippen LogP contribution in [-0.4, -0.2) is 81.6 Å². The highest BCUT2D eigenvalue weighted by molar-refractivity contribution is 5.88. The van der Waals surface area contributed by atoms with E-state index in [0.717, 1.165) is 12.2 Å². The van der Waals surface area contributed by atoms with E-state index in [1.54, 1.807) is 0 Å². The van der Waals surface area contributed by atoms with E-state index in [1.165, 1.54) is 62.8 Å². The van der Waals surface area contributed by atoms with Gasteiger partial charge in [0.25, 0.3) is 0 Å². The summed E-state index contributed by atoms with van der Waals surface area (Å²) in [5, 5.41) is 49.8. The standard InChI is InChI=1S/C27H28O12/c1-36-20-11-15(3-7-17(20)28)5-9-23(31)38-22-14-27(35,26(33)34)13-19(30)25(22)39-24(32)10-6-16-4-8-18(29)21(12-16)37-2/h3-12,19,22,25,28-30,35H,13-14H2,1-2H3,(H,33,34)/b9-5+,10-6+/t19?,22?,25-,27?/m0/s1. The summed E-state index contributed by atoms with van der Waals surface area (Å²) in [6.07, 6.45) is -1.27. The van der Waals surface area contributed by atoms with E-state index in [-0.39, 0.29) is 23.0 Å². The van der Waals surface area contributed by atoms with Gasteiger partial charge in [-0.1, -0.05) is 12.1 Å². The molecule has 0 bridgehead atoms. The number of phenols is 2. The van der Waals surface area contributed by atoms with E-state index >= 15 is 0 Å². The van der Waals surface area contributed by atoms with Gasteiger partial charge < -0.3 is 44.5 Å². The van der Waals surface area contributed by atoms with Crippen molar-refractivity contribution in [3.05, 3.63) is 59.7 Å². The van der Waals surface area contributed by atoms with Gasteiger partial charge in [0, 0.05) is 25.0 Å². The molecule has 3 rings (SSSR count).